The van der Waals surface area contributed by atoms with Gasteiger partial charge in [-0.2, -0.15) is 0 Å². The quantitative estimate of drug-likeness (QED) is 0.695. The van der Waals surface area contributed by atoms with Gasteiger partial charge < -0.3 is 15.4 Å². The van der Waals surface area contributed by atoms with Gasteiger partial charge in [0.2, 0.25) is 12.1 Å². The number of hydrogen-bond donors (Lipinski definition) is 1. The molecule has 0 saturated heterocycles. The number of aromatic nitrogens is 2. The van der Waals surface area contributed by atoms with Gasteiger partial charge in [0, 0.05) is 11.9 Å². The van der Waals surface area contributed by atoms with Crippen molar-refractivity contribution in [1.82, 2.24) is 9.55 Å². The second-order valence-corrected chi connectivity index (χ2v) is 5.89. The van der Waals surface area contributed by atoms with Crippen LogP contribution >= 0.6 is 27.3 Å². The predicted molar refractivity (Wildman–Crippen MR) is 69.2 cm³/mol. The average Bonchev–Trinajstić information content (AvgIpc) is 2.82. The Labute approximate surface area is 110 Å². The van der Waals surface area contributed by atoms with E-state index in [1.165, 1.54) is 6.33 Å². The van der Waals surface area contributed by atoms with Crippen LogP contribution in [0.1, 0.15) is 4.88 Å². The minimum atomic E-state index is -0.493. The highest BCUT2D eigenvalue weighted by atomic mass is 79.9. The summed E-state index contributed by atoms with van der Waals surface area (Å²) in [7, 11) is 1.71. The number of nitro groups is 1. The van der Waals surface area contributed by atoms with E-state index in [9.17, 15) is 10.1 Å². The molecule has 17 heavy (non-hydrogen) atoms. The summed E-state index contributed by atoms with van der Waals surface area (Å²) >= 11 is 4.95. The molecule has 0 aliphatic carbocycles. The van der Waals surface area contributed by atoms with E-state index >= 15 is 0 Å². The van der Waals surface area contributed by atoms with Crippen LogP contribution in [0.15, 0.2) is 22.2 Å². The Bertz CT molecular complexity index is 551. The lowest BCUT2D eigenvalue weighted by Crippen LogP contribution is -2.04. The Kier molecular flexibility index (Phi) is 3.43. The Hall–Kier alpha value is -1.41. The number of rotatable bonds is 4. The van der Waals surface area contributed by atoms with Crippen LogP contribution in [0.25, 0.3) is 0 Å². The summed E-state index contributed by atoms with van der Waals surface area (Å²) in [5.74, 6) is 0.266. The molecule has 2 heterocycles. The van der Waals surface area contributed by atoms with Gasteiger partial charge in [0.15, 0.2) is 0 Å². The number of nitrogens with zero attached hydrogens (tertiary/aromatic N) is 3. The topological polar surface area (TPSA) is 73.0 Å². The summed E-state index contributed by atoms with van der Waals surface area (Å²) in [5.41, 5.74) is 0. The number of nitrogens with one attached hydrogen (secondary N) is 1. The van der Waals surface area contributed by atoms with Crippen LogP contribution in [0, 0.1) is 10.1 Å². The molecule has 6 nitrogen and oxygen atoms in total. The van der Waals surface area contributed by atoms with E-state index in [2.05, 4.69) is 26.2 Å². The van der Waals surface area contributed by atoms with Gasteiger partial charge in [0.1, 0.15) is 0 Å². The molecule has 0 bridgehead atoms. The lowest BCUT2D eigenvalue weighted by molar-refractivity contribution is -0.388. The maximum atomic E-state index is 10.7. The van der Waals surface area contributed by atoms with Crippen LogP contribution in [0.4, 0.5) is 11.6 Å². The molecule has 0 spiro atoms. The van der Waals surface area contributed by atoms with E-state index in [4.69, 9.17) is 0 Å². The lowest BCUT2D eigenvalue weighted by Gasteiger charge is -2.04. The van der Waals surface area contributed by atoms with Crippen molar-refractivity contribution in [2.75, 3.05) is 5.32 Å². The van der Waals surface area contributed by atoms with Crippen molar-refractivity contribution < 1.29 is 4.92 Å². The lowest BCUT2D eigenvalue weighted by atomic mass is 10.4. The number of hydrogen-bond acceptors (Lipinski definition) is 5. The second-order valence-electron chi connectivity index (χ2n) is 3.34. The van der Waals surface area contributed by atoms with E-state index in [-0.39, 0.29) is 5.82 Å². The minimum Gasteiger partial charge on any atom is -0.359 e. The predicted octanol–water partition coefficient (Wildman–Crippen LogP) is 2.76. The van der Waals surface area contributed by atoms with Crippen molar-refractivity contribution in [3.8, 4) is 0 Å². The van der Waals surface area contributed by atoms with Crippen LogP contribution in [0.5, 0.6) is 0 Å². The van der Waals surface area contributed by atoms with Crippen molar-refractivity contribution in [3.63, 3.8) is 0 Å². The summed E-state index contributed by atoms with van der Waals surface area (Å²) in [5, 5.41) is 13.8. The zero-order chi connectivity index (χ0) is 12.4. The molecule has 1 N–H and O–H groups in total. The van der Waals surface area contributed by atoms with Crippen molar-refractivity contribution in [2.24, 2.45) is 7.05 Å². The first-order valence-electron chi connectivity index (χ1n) is 4.71. The SMILES string of the molecule is Cn1cnc([N+](=O)[O-])c1NCc1ccc(Br)s1. The van der Waals surface area contributed by atoms with Gasteiger partial charge in [-0.15, -0.1) is 11.3 Å². The third-order valence-electron chi connectivity index (χ3n) is 2.15. The van der Waals surface area contributed by atoms with Crippen LogP contribution in [0.3, 0.4) is 0 Å². The molecule has 0 aromatic carbocycles. The fourth-order valence-electron chi connectivity index (χ4n) is 1.37. The van der Waals surface area contributed by atoms with Gasteiger partial charge in [-0.05, 0) is 38.0 Å². The number of aryl methyl sites for hydroxylation is 1. The summed E-state index contributed by atoms with van der Waals surface area (Å²) in [6.45, 7) is 0.538. The molecule has 2 rings (SSSR count). The van der Waals surface area contributed by atoms with E-state index in [1.54, 1.807) is 23.0 Å². The van der Waals surface area contributed by atoms with Gasteiger partial charge in [0.25, 0.3) is 0 Å². The van der Waals surface area contributed by atoms with Crippen molar-refractivity contribution in [1.29, 1.82) is 0 Å². The first-order valence-corrected chi connectivity index (χ1v) is 6.32. The standard InChI is InChI=1S/C9H9BrN4O2S/c1-13-5-12-9(14(15)16)8(13)11-4-6-2-3-7(10)17-6/h2-3,5,11H,4H2,1H3. The maximum Gasteiger partial charge on any atom is 0.406 e. The van der Waals surface area contributed by atoms with Crippen molar-refractivity contribution in [2.45, 2.75) is 6.54 Å². The molecule has 2 aromatic heterocycles. The molecule has 0 unspecified atom stereocenters. The highest BCUT2D eigenvalue weighted by Crippen LogP contribution is 2.25. The summed E-state index contributed by atoms with van der Waals surface area (Å²) in [4.78, 5) is 15.1. The Morgan fingerprint density at radius 1 is 1.65 bits per heavy atom. The summed E-state index contributed by atoms with van der Waals surface area (Å²) in [6.07, 6.45) is 1.42. The normalized spacial score (nSPS) is 10.5. The summed E-state index contributed by atoms with van der Waals surface area (Å²) < 4.78 is 2.63. The van der Waals surface area contributed by atoms with Crippen LogP contribution in [-0.2, 0) is 13.6 Å². The van der Waals surface area contributed by atoms with Gasteiger partial charge in [-0.1, -0.05) is 0 Å². The van der Waals surface area contributed by atoms with Gasteiger partial charge >= 0.3 is 5.82 Å². The molecule has 0 saturated carbocycles. The zero-order valence-corrected chi connectivity index (χ0v) is 11.3. The number of anilines is 1. The Balaban J connectivity index is 2.13. The number of halogens is 1. The molecule has 0 atom stereocenters. The first kappa shape index (κ1) is 12.1. The van der Waals surface area contributed by atoms with Gasteiger partial charge in [0.05, 0.1) is 10.3 Å². The highest BCUT2D eigenvalue weighted by molar-refractivity contribution is 9.11. The fourth-order valence-corrected chi connectivity index (χ4v) is 2.80. The molecule has 0 aliphatic heterocycles. The molecule has 0 radical (unpaired) electrons. The molecule has 8 heteroatoms. The van der Waals surface area contributed by atoms with Crippen LogP contribution in [-0.4, -0.2) is 14.5 Å². The molecule has 2 aromatic rings. The largest absolute Gasteiger partial charge is 0.406 e. The number of thiophene rings is 1. The van der Waals surface area contributed by atoms with E-state index < -0.39 is 4.92 Å². The van der Waals surface area contributed by atoms with Crippen LogP contribution in [0.2, 0.25) is 0 Å². The molecular formula is C9H9BrN4O2S. The van der Waals surface area contributed by atoms with Crippen molar-refractivity contribution in [3.05, 3.63) is 37.2 Å². The van der Waals surface area contributed by atoms with Crippen molar-refractivity contribution >= 4 is 38.9 Å². The molecule has 0 amide bonds. The van der Waals surface area contributed by atoms with Gasteiger partial charge in [-0.3, -0.25) is 4.57 Å². The monoisotopic (exact) mass is 316 g/mol. The molecular weight excluding hydrogens is 308 g/mol. The zero-order valence-electron chi connectivity index (χ0n) is 8.88. The highest BCUT2D eigenvalue weighted by Gasteiger charge is 2.19. The second kappa shape index (κ2) is 4.84. The Morgan fingerprint density at radius 3 is 3.00 bits per heavy atom. The summed E-state index contributed by atoms with van der Waals surface area (Å²) in [6, 6.07) is 3.91. The maximum absolute atomic E-state index is 10.7. The third kappa shape index (κ3) is 2.64. The van der Waals surface area contributed by atoms with E-state index in [0.29, 0.717) is 12.4 Å². The fraction of sp³-hybridized carbons (Fsp3) is 0.222. The van der Waals surface area contributed by atoms with E-state index in [1.807, 2.05) is 12.1 Å². The average molecular weight is 317 g/mol. The smallest absolute Gasteiger partial charge is 0.359 e. The molecule has 0 fully saturated rings. The van der Waals surface area contributed by atoms with E-state index in [0.717, 1.165) is 8.66 Å². The molecule has 0 aliphatic rings. The minimum absolute atomic E-state index is 0.150. The molecule has 90 valence electrons. The van der Waals surface area contributed by atoms with Gasteiger partial charge in [-0.25, -0.2) is 0 Å². The third-order valence-corrected chi connectivity index (χ3v) is 3.77. The number of imidazole rings is 1. The Morgan fingerprint density at radius 2 is 2.41 bits per heavy atom. The van der Waals surface area contributed by atoms with Crippen LogP contribution < -0.4 is 5.32 Å². The first-order chi connectivity index (χ1) is 8.08.